The molecular weight excluding hydrogens is 360 g/mol. The molecule has 30 heavy (non-hydrogen) atoms. The standard InChI is InChI=1S/C30H48/c1-4-6-7-8-10-21-30(22-11-9-12-23-30)29-19-17-28(18-20-29)27-15-13-26(14-16-27)24-25(3)5-2/h15,17-20,25-26H,4-14,16,21-24H2,1-3H3. The summed E-state index contributed by atoms with van der Waals surface area (Å²) in [5, 5.41) is 0. The summed E-state index contributed by atoms with van der Waals surface area (Å²) in [6.07, 6.45) is 24.9. The van der Waals surface area contributed by atoms with Crippen LogP contribution in [0.5, 0.6) is 0 Å². The van der Waals surface area contributed by atoms with Crippen LogP contribution in [0, 0.1) is 11.8 Å². The van der Waals surface area contributed by atoms with E-state index in [9.17, 15) is 0 Å². The van der Waals surface area contributed by atoms with Gasteiger partial charge in [0.2, 0.25) is 0 Å². The average Bonchev–Trinajstić information content (AvgIpc) is 2.80. The molecule has 2 atom stereocenters. The van der Waals surface area contributed by atoms with Crippen LogP contribution in [-0.2, 0) is 5.41 Å². The predicted molar refractivity (Wildman–Crippen MR) is 134 cm³/mol. The second-order valence-electron chi connectivity index (χ2n) is 10.7. The lowest BCUT2D eigenvalue weighted by Gasteiger charge is -2.38. The molecule has 1 fully saturated rings. The molecule has 0 nitrogen and oxygen atoms in total. The van der Waals surface area contributed by atoms with Gasteiger partial charge >= 0.3 is 0 Å². The van der Waals surface area contributed by atoms with Crippen LogP contribution >= 0.6 is 0 Å². The van der Waals surface area contributed by atoms with Crippen molar-refractivity contribution in [1.82, 2.24) is 0 Å². The Bertz CT molecular complexity index is 629. The fourth-order valence-electron chi connectivity index (χ4n) is 6.12. The fourth-order valence-corrected chi connectivity index (χ4v) is 6.12. The van der Waals surface area contributed by atoms with E-state index in [1.54, 1.807) is 11.1 Å². The van der Waals surface area contributed by atoms with Crippen LogP contribution in [0.1, 0.15) is 135 Å². The van der Waals surface area contributed by atoms with Gasteiger partial charge in [-0.05, 0) is 78.9 Å². The smallest absolute Gasteiger partial charge is 0.00470 e. The van der Waals surface area contributed by atoms with Gasteiger partial charge in [-0.2, -0.15) is 0 Å². The molecular formula is C30H48. The maximum absolute atomic E-state index is 2.57. The van der Waals surface area contributed by atoms with Gasteiger partial charge in [-0.15, -0.1) is 0 Å². The summed E-state index contributed by atoms with van der Waals surface area (Å²) in [6.45, 7) is 7.07. The summed E-state index contributed by atoms with van der Waals surface area (Å²) in [4.78, 5) is 0. The van der Waals surface area contributed by atoms with E-state index < -0.39 is 0 Å². The van der Waals surface area contributed by atoms with Crippen LogP contribution in [-0.4, -0.2) is 0 Å². The highest BCUT2D eigenvalue weighted by Gasteiger charge is 2.33. The first-order valence-corrected chi connectivity index (χ1v) is 13.5. The third-order valence-corrected chi connectivity index (χ3v) is 8.39. The van der Waals surface area contributed by atoms with E-state index in [-0.39, 0.29) is 0 Å². The van der Waals surface area contributed by atoms with Crippen LogP contribution < -0.4 is 0 Å². The zero-order valence-electron chi connectivity index (χ0n) is 20.4. The molecule has 0 bridgehead atoms. The van der Waals surface area contributed by atoms with Crippen molar-refractivity contribution in [3.8, 4) is 0 Å². The first kappa shape index (κ1) is 23.6. The summed E-state index contributed by atoms with van der Waals surface area (Å²) in [5.41, 5.74) is 5.23. The highest BCUT2D eigenvalue weighted by atomic mass is 14.4. The minimum Gasteiger partial charge on any atom is -0.0804 e. The minimum absolute atomic E-state index is 0.478. The van der Waals surface area contributed by atoms with Gasteiger partial charge < -0.3 is 0 Å². The SMILES string of the molecule is CCCCCCCC1(c2ccc(C3=CCC(CC(C)CC)CC3)cc2)CCCCC1. The predicted octanol–water partition coefficient (Wildman–Crippen LogP) is 9.87. The van der Waals surface area contributed by atoms with Crippen LogP contribution in [0.4, 0.5) is 0 Å². The van der Waals surface area contributed by atoms with Gasteiger partial charge in [-0.3, -0.25) is 0 Å². The molecule has 0 heteroatoms. The van der Waals surface area contributed by atoms with Crippen LogP contribution in [0.25, 0.3) is 5.57 Å². The van der Waals surface area contributed by atoms with Gasteiger partial charge in [0.15, 0.2) is 0 Å². The van der Waals surface area contributed by atoms with E-state index in [0.29, 0.717) is 5.41 Å². The molecule has 2 aliphatic rings. The van der Waals surface area contributed by atoms with Crippen molar-refractivity contribution in [1.29, 1.82) is 0 Å². The third-order valence-electron chi connectivity index (χ3n) is 8.39. The summed E-state index contributed by atoms with van der Waals surface area (Å²) in [5.74, 6) is 1.80. The Morgan fingerprint density at radius 1 is 0.933 bits per heavy atom. The molecule has 1 saturated carbocycles. The molecule has 0 N–H and O–H groups in total. The topological polar surface area (TPSA) is 0 Å². The monoisotopic (exact) mass is 408 g/mol. The molecule has 0 aromatic heterocycles. The van der Waals surface area contributed by atoms with Gasteiger partial charge in [0, 0.05) is 0 Å². The van der Waals surface area contributed by atoms with E-state index in [1.165, 1.54) is 108 Å². The summed E-state index contributed by atoms with van der Waals surface area (Å²) in [7, 11) is 0. The third kappa shape index (κ3) is 6.48. The van der Waals surface area contributed by atoms with Gasteiger partial charge in [-0.25, -0.2) is 0 Å². The minimum atomic E-state index is 0.478. The van der Waals surface area contributed by atoms with Crippen LogP contribution in [0.2, 0.25) is 0 Å². The number of unbranched alkanes of at least 4 members (excludes halogenated alkanes) is 4. The Morgan fingerprint density at radius 2 is 1.67 bits per heavy atom. The van der Waals surface area contributed by atoms with E-state index in [2.05, 4.69) is 51.1 Å². The lowest BCUT2D eigenvalue weighted by molar-refractivity contribution is 0.265. The summed E-state index contributed by atoms with van der Waals surface area (Å²) >= 11 is 0. The Balaban J connectivity index is 1.62. The van der Waals surface area contributed by atoms with Crippen molar-refractivity contribution < 1.29 is 0 Å². The fraction of sp³-hybridized carbons (Fsp3) is 0.733. The number of benzene rings is 1. The van der Waals surface area contributed by atoms with Gasteiger partial charge in [0.05, 0.1) is 0 Å². The van der Waals surface area contributed by atoms with Crippen LogP contribution in [0.3, 0.4) is 0 Å². The Morgan fingerprint density at radius 3 is 2.30 bits per heavy atom. The molecule has 0 amide bonds. The molecule has 1 aromatic rings. The van der Waals surface area contributed by atoms with Crippen molar-refractivity contribution in [3.05, 3.63) is 41.5 Å². The first-order chi connectivity index (χ1) is 14.7. The lowest BCUT2D eigenvalue weighted by atomic mass is 9.66. The molecule has 0 spiro atoms. The second kappa shape index (κ2) is 12.1. The molecule has 2 unspecified atom stereocenters. The van der Waals surface area contributed by atoms with Crippen molar-refractivity contribution in [2.45, 2.75) is 129 Å². The number of hydrogen-bond donors (Lipinski definition) is 0. The molecule has 0 aliphatic heterocycles. The van der Waals surface area contributed by atoms with E-state index in [1.807, 2.05) is 0 Å². The lowest BCUT2D eigenvalue weighted by Crippen LogP contribution is -2.29. The van der Waals surface area contributed by atoms with Gasteiger partial charge in [0.1, 0.15) is 0 Å². The zero-order valence-corrected chi connectivity index (χ0v) is 20.4. The largest absolute Gasteiger partial charge is 0.0804 e. The van der Waals surface area contributed by atoms with Gasteiger partial charge in [0.25, 0.3) is 0 Å². The zero-order chi connectivity index (χ0) is 21.2. The highest BCUT2D eigenvalue weighted by Crippen LogP contribution is 2.44. The van der Waals surface area contributed by atoms with E-state index in [4.69, 9.17) is 0 Å². The summed E-state index contributed by atoms with van der Waals surface area (Å²) < 4.78 is 0. The molecule has 0 heterocycles. The Kier molecular flexibility index (Phi) is 9.54. The average molecular weight is 409 g/mol. The van der Waals surface area contributed by atoms with E-state index >= 15 is 0 Å². The summed E-state index contributed by atoms with van der Waals surface area (Å²) in [6, 6.07) is 9.95. The van der Waals surface area contributed by atoms with Crippen molar-refractivity contribution in [3.63, 3.8) is 0 Å². The molecule has 3 rings (SSSR count). The van der Waals surface area contributed by atoms with Crippen molar-refractivity contribution in [2.24, 2.45) is 11.8 Å². The molecule has 0 saturated heterocycles. The van der Waals surface area contributed by atoms with Crippen molar-refractivity contribution >= 4 is 5.57 Å². The molecule has 1 aromatic carbocycles. The molecule has 2 aliphatic carbocycles. The van der Waals surface area contributed by atoms with Gasteiger partial charge in [-0.1, -0.05) is 109 Å². The van der Waals surface area contributed by atoms with Crippen LogP contribution in [0.15, 0.2) is 30.3 Å². The number of hydrogen-bond acceptors (Lipinski definition) is 0. The van der Waals surface area contributed by atoms with E-state index in [0.717, 1.165) is 11.8 Å². The maximum Gasteiger partial charge on any atom is -0.00470 e. The highest BCUT2D eigenvalue weighted by molar-refractivity contribution is 5.66. The Labute approximate surface area is 187 Å². The molecule has 0 radical (unpaired) electrons. The second-order valence-corrected chi connectivity index (χ2v) is 10.7. The number of allylic oxidation sites excluding steroid dienone is 2. The van der Waals surface area contributed by atoms with Crippen molar-refractivity contribution in [2.75, 3.05) is 0 Å². The number of rotatable bonds is 11. The molecule has 168 valence electrons. The normalized spacial score (nSPS) is 22.5. The first-order valence-electron chi connectivity index (χ1n) is 13.5. The maximum atomic E-state index is 2.57. The quantitative estimate of drug-likeness (QED) is 0.319. The Hall–Kier alpha value is -1.04.